The molecule has 0 fully saturated rings. The first-order valence-electron chi connectivity index (χ1n) is 12.1. The summed E-state index contributed by atoms with van der Waals surface area (Å²) in [4.78, 5) is 26.7. The molecule has 0 radical (unpaired) electrons. The second-order valence-electron chi connectivity index (χ2n) is 8.91. The number of nitrogens with one attached hydrogen (secondary N) is 1. The van der Waals surface area contributed by atoms with Gasteiger partial charge in [-0.2, -0.15) is 5.26 Å². The van der Waals surface area contributed by atoms with Crippen molar-refractivity contribution in [1.29, 1.82) is 5.26 Å². The molecule has 7 heteroatoms. The van der Waals surface area contributed by atoms with E-state index in [0.29, 0.717) is 22.6 Å². The van der Waals surface area contributed by atoms with Crippen LogP contribution in [-0.2, 0) is 4.79 Å². The van der Waals surface area contributed by atoms with Gasteiger partial charge in [-0.25, -0.2) is 0 Å². The van der Waals surface area contributed by atoms with Gasteiger partial charge in [0.05, 0.1) is 12.6 Å². The summed E-state index contributed by atoms with van der Waals surface area (Å²) in [6, 6.07) is 27.1. The largest absolute Gasteiger partial charge is 0.495 e. The molecule has 188 valence electrons. The summed E-state index contributed by atoms with van der Waals surface area (Å²) in [5.41, 5.74) is 3.31. The number of amides is 1. The third-order valence-electron chi connectivity index (χ3n) is 6.58. The van der Waals surface area contributed by atoms with Crippen molar-refractivity contribution in [2.75, 3.05) is 12.4 Å². The van der Waals surface area contributed by atoms with Crippen molar-refractivity contribution < 1.29 is 13.9 Å². The third kappa shape index (κ3) is 4.22. The number of hydrogen-bond donors (Lipinski definition) is 1. The van der Waals surface area contributed by atoms with E-state index in [2.05, 4.69) is 11.4 Å². The number of aryl methyl sites for hydroxylation is 1. The molecule has 0 aliphatic heterocycles. The molecule has 0 bridgehead atoms. The van der Waals surface area contributed by atoms with E-state index in [0.717, 1.165) is 22.1 Å². The number of carbonyl (C=O) groups excluding carboxylic acids is 1. The number of carbonyl (C=O) groups is 1. The molecule has 1 N–H and O–H groups in total. The molecule has 0 saturated heterocycles. The van der Waals surface area contributed by atoms with Crippen LogP contribution in [-0.4, -0.2) is 17.6 Å². The van der Waals surface area contributed by atoms with Gasteiger partial charge in [0.25, 0.3) is 5.56 Å². The van der Waals surface area contributed by atoms with Gasteiger partial charge in [-0.15, -0.1) is 0 Å². The molecule has 3 aromatic carbocycles. The van der Waals surface area contributed by atoms with Gasteiger partial charge < -0.3 is 9.15 Å². The average Bonchev–Trinajstić information content (AvgIpc) is 3.31. The van der Waals surface area contributed by atoms with E-state index < -0.39 is 11.9 Å². The van der Waals surface area contributed by atoms with Crippen LogP contribution in [0.25, 0.3) is 33.4 Å². The molecule has 2 aromatic heterocycles. The second kappa shape index (κ2) is 10.1. The van der Waals surface area contributed by atoms with Crippen molar-refractivity contribution in [2.45, 2.75) is 19.9 Å². The number of para-hydroxylation sites is 1. The van der Waals surface area contributed by atoms with Crippen LogP contribution >= 0.6 is 0 Å². The summed E-state index contributed by atoms with van der Waals surface area (Å²) in [5.74, 6) is 0.471. The zero-order valence-electron chi connectivity index (χ0n) is 21.2. The molecular formula is C31H25N3O4. The van der Waals surface area contributed by atoms with Crippen molar-refractivity contribution in [2.24, 2.45) is 0 Å². The number of hydrogen-bond acceptors (Lipinski definition) is 5. The molecule has 7 nitrogen and oxygen atoms in total. The van der Waals surface area contributed by atoms with E-state index in [1.54, 1.807) is 13.0 Å². The van der Waals surface area contributed by atoms with Gasteiger partial charge in [0.15, 0.2) is 0 Å². The second-order valence-corrected chi connectivity index (χ2v) is 8.91. The summed E-state index contributed by atoms with van der Waals surface area (Å²) < 4.78 is 13.1. The molecule has 2 heterocycles. The summed E-state index contributed by atoms with van der Waals surface area (Å²) >= 11 is 0. The Balaban J connectivity index is 1.62. The minimum atomic E-state index is -0.932. The lowest BCUT2D eigenvalue weighted by atomic mass is 9.98. The van der Waals surface area contributed by atoms with Gasteiger partial charge in [0.1, 0.15) is 29.2 Å². The SMILES string of the molecule is COc1cccc2c(C)cc(=O)n(C(C)C(=O)Nc3oc(-c4ccccc4)c(-c4ccccc4)c3C#N)c12. The fraction of sp³-hybridized carbons (Fsp3) is 0.129. The zero-order chi connectivity index (χ0) is 26.8. The Morgan fingerprint density at radius 1 is 1.00 bits per heavy atom. The summed E-state index contributed by atoms with van der Waals surface area (Å²) in [6.07, 6.45) is 0. The maximum Gasteiger partial charge on any atom is 0.252 e. The lowest BCUT2D eigenvalue weighted by Crippen LogP contribution is -2.32. The number of fused-ring (bicyclic) bond motifs is 1. The summed E-state index contributed by atoms with van der Waals surface area (Å²) in [6.45, 7) is 3.47. The highest BCUT2D eigenvalue weighted by molar-refractivity contribution is 5.98. The number of aromatic nitrogens is 1. The Kier molecular flexibility index (Phi) is 6.55. The normalized spacial score (nSPS) is 11.6. The van der Waals surface area contributed by atoms with Crippen LogP contribution in [0.3, 0.4) is 0 Å². The number of nitrogens with zero attached hydrogens (tertiary/aromatic N) is 2. The van der Waals surface area contributed by atoms with E-state index in [9.17, 15) is 14.9 Å². The van der Waals surface area contributed by atoms with Crippen LogP contribution in [0, 0.1) is 18.3 Å². The van der Waals surface area contributed by atoms with Gasteiger partial charge >= 0.3 is 0 Å². The highest BCUT2D eigenvalue weighted by Gasteiger charge is 2.27. The predicted octanol–water partition coefficient (Wildman–Crippen LogP) is 6.32. The molecule has 1 unspecified atom stereocenters. The number of benzene rings is 3. The van der Waals surface area contributed by atoms with Crippen LogP contribution < -0.4 is 15.6 Å². The fourth-order valence-electron chi connectivity index (χ4n) is 4.71. The van der Waals surface area contributed by atoms with E-state index in [1.165, 1.54) is 17.7 Å². The number of rotatable bonds is 6. The van der Waals surface area contributed by atoms with Crippen molar-refractivity contribution in [3.05, 3.63) is 106 Å². The van der Waals surface area contributed by atoms with Crippen molar-refractivity contribution in [3.8, 4) is 34.3 Å². The van der Waals surface area contributed by atoms with Gasteiger partial charge in [-0.3, -0.25) is 19.5 Å². The standard InChI is InChI=1S/C31H25N3O4/c1-19-17-26(35)34(28-23(19)15-10-16-25(28)37-3)20(2)30(36)33-31-24(18-32)27(21-11-6-4-7-12-21)29(38-31)22-13-8-5-9-14-22/h4-17,20H,1-3H3,(H,33,36). The Labute approximate surface area is 219 Å². The summed E-state index contributed by atoms with van der Waals surface area (Å²) in [5, 5.41) is 13.7. The number of furan rings is 1. The highest BCUT2D eigenvalue weighted by atomic mass is 16.5. The monoisotopic (exact) mass is 503 g/mol. The molecule has 0 spiro atoms. The van der Waals surface area contributed by atoms with Crippen molar-refractivity contribution >= 4 is 22.7 Å². The Bertz CT molecular complexity index is 1750. The summed E-state index contributed by atoms with van der Waals surface area (Å²) in [7, 11) is 1.52. The lowest BCUT2D eigenvalue weighted by Gasteiger charge is -2.19. The Hall–Kier alpha value is -5.09. The van der Waals surface area contributed by atoms with E-state index in [4.69, 9.17) is 9.15 Å². The third-order valence-corrected chi connectivity index (χ3v) is 6.58. The average molecular weight is 504 g/mol. The first-order valence-corrected chi connectivity index (χ1v) is 12.1. The van der Waals surface area contributed by atoms with Gasteiger partial charge in [-0.1, -0.05) is 72.8 Å². The number of nitriles is 1. The number of anilines is 1. The number of pyridine rings is 1. The van der Waals surface area contributed by atoms with Gasteiger partial charge in [-0.05, 0) is 31.0 Å². The van der Waals surface area contributed by atoms with Crippen LogP contribution in [0.15, 0.2) is 94.1 Å². The van der Waals surface area contributed by atoms with Crippen LogP contribution in [0.1, 0.15) is 24.1 Å². The minimum absolute atomic E-state index is 0.0264. The predicted molar refractivity (Wildman–Crippen MR) is 147 cm³/mol. The Morgan fingerprint density at radius 2 is 1.66 bits per heavy atom. The van der Waals surface area contributed by atoms with E-state index in [1.807, 2.05) is 79.7 Å². The van der Waals surface area contributed by atoms with E-state index in [-0.39, 0.29) is 17.0 Å². The molecule has 5 rings (SSSR count). The maximum atomic E-state index is 13.6. The first kappa shape index (κ1) is 24.6. The smallest absolute Gasteiger partial charge is 0.252 e. The topological polar surface area (TPSA) is 97.3 Å². The molecule has 38 heavy (non-hydrogen) atoms. The van der Waals surface area contributed by atoms with Crippen LogP contribution in [0.2, 0.25) is 0 Å². The molecule has 0 saturated carbocycles. The highest BCUT2D eigenvalue weighted by Crippen LogP contribution is 2.41. The van der Waals surface area contributed by atoms with Crippen LogP contribution in [0.5, 0.6) is 5.75 Å². The van der Waals surface area contributed by atoms with Crippen molar-refractivity contribution in [1.82, 2.24) is 4.57 Å². The molecule has 1 amide bonds. The van der Waals surface area contributed by atoms with Gasteiger partial charge in [0.2, 0.25) is 11.8 Å². The number of methoxy groups -OCH3 is 1. The maximum absolute atomic E-state index is 13.6. The minimum Gasteiger partial charge on any atom is -0.495 e. The molecular weight excluding hydrogens is 478 g/mol. The number of ether oxygens (including phenoxy) is 1. The zero-order valence-corrected chi connectivity index (χ0v) is 21.2. The lowest BCUT2D eigenvalue weighted by molar-refractivity contribution is -0.118. The van der Waals surface area contributed by atoms with Crippen LogP contribution in [0.4, 0.5) is 5.88 Å². The van der Waals surface area contributed by atoms with Gasteiger partial charge in [0, 0.05) is 22.6 Å². The molecule has 0 aliphatic carbocycles. The molecule has 0 aliphatic rings. The quantitative estimate of drug-likeness (QED) is 0.293. The first-order chi connectivity index (χ1) is 18.4. The van der Waals surface area contributed by atoms with E-state index >= 15 is 0 Å². The fourth-order valence-corrected chi connectivity index (χ4v) is 4.71. The van der Waals surface area contributed by atoms with Crippen molar-refractivity contribution in [3.63, 3.8) is 0 Å². The molecule has 5 aromatic rings. The molecule has 1 atom stereocenters. The Morgan fingerprint density at radius 3 is 2.29 bits per heavy atom.